The van der Waals surface area contributed by atoms with Crippen LogP contribution < -0.4 is 5.32 Å². The Morgan fingerprint density at radius 3 is 2.50 bits per heavy atom. The molecule has 1 rings (SSSR count). The van der Waals surface area contributed by atoms with Gasteiger partial charge in [-0.15, -0.1) is 0 Å². The van der Waals surface area contributed by atoms with E-state index in [9.17, 15) is 4.39 Å². The van der Waals surface area contributed by atoms with Crippen LogP contribution in [0.2, 0.25) is 10.0 Å². The van der Waals surface area contributed by atoms with E-state index >= 15 is 0 Å². The van der Waals surface area contributed by atoms with Gasteiger partial charge in [0.1, 0.15) is 5.82 Å². The summed E-state index contributed by atoms with van der Waals surface area (Å²) in [5.74, 6) is 0.242. The van der Waals surface area contributed by atoms with Gasteiger partial charge in [0, 0.05) is 11.1 Å². The topological polar surface area (TPSA) is 12.0 Å². The zero-order valence-corrected chi connectivity index (χ0v) is 14.0. The predicted molar refractivity (Wildman–Crippen MR) is 86.1 cm³/mol. The van der Waals surface area contributed by atoms with Crippen molar-refractivity contribution < 1.29 is 4.39 Å². The fourth-order valence-electron chi connectivity index (χ4n) is 2.27. The van der Waals surface area contributed by atoms with Gasteiger partial charge < -0.3 is 5.32 Å². The van der Waals surface area contributed by atoms with Crippen LogP contribution in [0.15, 0.2) is 12.1 Å². The molecule has 0 aliphatic carbocycles. The highest BCUT2D eigenvalue weighted by atomic mass is 35.5. The van der Waals surface area contributed by atoms with Crippen molar-refractivity contribution >= 4 is 23.2 Å². The van der Waals surface area contributed by atoms with Crippen molar-refractivity contribution in [2.24, 2.45) is 5.92 Å². The van der Waals surface area contributed by atoms with Gasteiger partial charge in [-0.25, -0.2) is 4.39 Å². The van der Waals surface area contributed by atoms with E-state index in [1.54, 1.807) is 0 Å². The highest BCUT2D eigenvalue weighted by Crippen LogP contribution is 2.28. The molecule has 0 radical (unpaired) electrons. The van der Waals surface area contributed by atoms with Crippen LogP contribution in [0.4, 0.5) is 4.39 Å². The first-order valence-electron chi connectivity index (χ1n) is 7.37. The predicted octanol–water partition coefficient (Wildman–Crippen LogP) is 6.00. The molecule has 2 atom stereocenters. The number of nitrogens with one attached hydrogen (secondary N) is 1. The van der Waals surface area contributed by atoms with Crippen LogP contribution >= 0.6 is 23.2 Å². The lowest BCUT2D eigenvalue weighted by Crippen LogP contribution is -2.26. The van der Waals surface area contributed by atoms with Crippen LogP contribution in [0.3, 0.4) is 0 Å². The Morgan fingerprint density at radius 2 is 1.90 bits per heavy atom. The Bertz CT molecular complexity index is 423. The minimum atomic E-state index is -0.419. The van der Waals surface area contributed by atoms with Gasteiger partial charge in [-0.1, -0.05) is 56.3 Å². The molecule has 0 saturated carbocycles. The standard InChI is InChI=1S/C16H24Cl2FN/c1-4-6-7-12(5-2)10-20-11(3)13-8-16(19)15(18)9-14(13)17/h8-9,11-12,20H,4-7,10H2,1-3H3. The maximum Gasteiger partial charge on any atom is 0.142 e. The third kappa shape index (κ3) is 5.23. The second-order valence-electron chi connectivity index (χ2n) is 5.33. The van der Waals surface area contributed by atoms with Crippen molar-refractivity contribution in [2.75, 3.05) is 6.54 Å². The molecule has 0 heterocycles. The van der Waals surface area contributed by atoms with E-state index in [4.69, 9.17) is 23.2 Å². The molecule has 0 aliphatic heterocycles. The minimum absolute atomic E-state index is 0.0185. The summed E-state index contributed by atoms with van der Waals surface area (Å²) in [4.78, 5) is 0. The molecule has 0 amide bonds. The number of halogens is 3. The fraction of sp³-hybridized carbons (Fsp3) is 0.625. The quantitative estimate of drug-likeness (QED) is 0.579. The van der Waals surface area contributed by atoms with Crippen molar-refractivity contribution in [1.29, 1.82) is 0 Å². The zero-order valence-electron chi connectivity index (χ0n) is 12.5. The number of benzene rings is 1. The van der Waals surface area contributed by atoms with Crippen LogP contribution in [0.1, 0.15) is 58.1 Å². The first-order chi connectivity index (χ1) is 9.49. The van der Waals surface area contributed by atoms with E-state index < -0.39 is 5.82 Å². The molecule has 4 heteroatoms. The molecule has 0 saturated heterocycles. The Kier molecular flexibility index (Phi) is 7.86. The van der Waals surface area contributed by atoms with Gasteiger partial charge in [-0.05, 0) is 43.5 Å². The third-order valence-corrected chi connectivity index (χ3v) is 4.38. The van der Waals surface area contributed by atoms with Gasteiger partial charge in [0.15, 0.2) is 0 Å². The SMILES string of the molecule is CCCCC(CC)CNC(C)c1cc(F)c(Cl)cc1Cl. The Labute approximate surface area is 131 Å². The van der Waals surface area contributed by atoms with Crippen LogP contribution in [-0.4, -0.2) is 6.54 Å². The molecule has 1 aromatic carbocycles. The molecule has 114 valence electrons. The average Bonchev–Trinajstić information content (AvgIpc) is 2.42. The van der Waals surface area contributed by atoms with Crippen molar-refractivity contribution in [3.63, 3.8) is 0 Å². The van der Waals surface area contributed by atoms with Crippen LogP contribution in [0.5, 0.6) is 0 Å². The number of hydrogen-bond donors (Lipinski definition) is 1. The van der Waals surface area contributed by atoms with Gasteiger partial charge in [-0.2, -0.15) is 0 Å². The summed E-state index contributed by atoms with van der Waals surface area (Å²) < 4.78 is 13.5. The first-order valence-corrected chi connectivity index (χ1v) is 8.12. The maximum absolute atomic E-state index is 13.5. The van der Waals surface area contributed by atoms with Crippen LogP contribution in [0.25, 0.3) is 0 Å². The van der Waals surface area contributed by atoms with Gasteiger partial charge in [0.2, 0.25) is 0 Å². The zero-order chi connectivity index (χ0) is 15.1. The summed E-state index contributed by atoms with van der Waals surface area (Å²) in [6.45, 7) is 7.35. The summed E-state index contributed by atoms with van der Waals surface area (Å²) in [7, 11) is 0. The molecule has 2 unspecified atom stereocenters. The fourth-order valence-corrected chi connectivity index (χ4v) is 2.81. The van der Waals surface area contributed by atoms with Crippen LogP contribution in [0, 0.1) is 11.7 Å². The second kappa shape index (κ2) is 8.86. The minimum Gasteiger partial charge on any atom is -0.310 e. The van der Waals surface area contributed by atoms with Crippen molar-refractivity contribution in [1.82, 2.24) is 5.32 Å². The summed E-state index contributed by atoms with van der Waals surface area (Å²) in [5.41, 5.74) is 0.763. The van der Waals surface area contributed by atoms with E-state index in [1.807, 2.05) is 6.92 Å². The molecular formula is C16H24Cl2FN. The van der Waals surface area contributed by atoms with Gasteiger partial charge in [0.25, 0.3) is 0 Å². The Hall–Kier alpha value is -0.310. The normalized spacial score (nSPS) is 14.3. The molecule has 1 nitrogen and oxygen atoms in total. The molecule has 0 aromatic heterocycles. The van der Waals surface area contributed by atoms with E-state index in [2.05, 4.69) is 19.2 Å². The number of rotatable bonds is 8. The van der Waals surface area contributed by atoms with E-state index in [0.29, 0.717) is 10.9 Å². The molecule has 20 heavy (non-hydrogen) atoms. The molecule has 0 spiro atoms. The van der Waals surface area contributed by atoms with Gasteiger partial charge in [-0.3, -0.25) is 0 Å². The molecule has 0 bridgehead atoms. The highest BCUT2D eigenvalue weighted by molar-refractivity contribution is 6.35. The summed E-state index contributed by atoms with van der Waals surface area (Å²) >= 11 is 11.9. The maximum atomic E-state index is 13.5. The number of hydrogen-bond acceptors (Lipinski definition) is 1. The van der Waals surface area contributed by atoms with Crippen LogP contribution in [-0.2, 0) is 0 Å². The van der Waals surface area contributed by atoms with Crippen molar-refractivity contribution in [3.8, 4) is 0 Å². The highest BCUT2D eigenvalue weighted by Gasteiger charge is 2.14. The molecule has 1 N–H and O–H groups in total. The third-order valence-electron chi connectivity index (χ3n) is 3.76. The van der Waals surface area contributed by atoms with E-state index in [1.165, 1.54) is 31.4 Å². The van der Waals surface area contributed by atoms with E-state index in [0.717, 1.165) is 18.5 Å². The molecule has 1 aromatic rings. The Morgan fingerprint density at radius 1 is 1.20 bits per heavy atom. The Balaban J connectivity index is 2.62. The van der Waals surface area contributed by atoms with Crippen molar-refractivity contribution in [3.05, 3.63) is 33.6 Å². The lowest BCUT2D eigenvalue weighted by Gasteiger charge is -2.21. The van der Waals surface area contributed by atoms with Gasteiger partial charge >= 0.3 is 0 Å². The smallest absolute Gasteiger partial charge is 0.142 e. The van der Waals surface area contributed by atoms with E-state index in [-0.39, 0.29) is 11.1 Å². The average molecular weight is 320 g/mol. The summed E-state index contributed by atoms with van der Waals surface area (Å²) in [5, 5.41) is 4.03. The lowest BCUT2D eigenvalue weighted by atomic mass is 9.98. The number of unbranched alkanes of at least 4 members (excludes halogenated alkanes) is 1. The molecular weight excluding hydrogens is 296 g/mol. The first kappa shape index (κ1) is 17.7. The second-order valence-corrected chi connectivity index (χ2v) is 6.15. The lowest BCUT2D eigenvalue weighted by molar-refractivity contribution is 0.398. The monoisotopic (exact) mass is 319 g/mol. The van der Waals surface area contributed by atoms with Crippen molar-refractivity contribution in [2.45, 2.75) is 52.5 Å². The summed E-state index contributed by atoms with van der Waals surface area (Å²) in [6, 6.07) is 2.92. The summed E-state index contributed by atoms with van der Waals surface area (Å²) in [6.07, 6.45) is 4.86. The van der Waals surface area contributed by atoms with Gasteiger partial charge in [0.05, 0.1) is 5.02 Å². The molecule has 0 fully saturated rings. The molecule has 0 aliphatic rings. The largest absolute Gasteiger partial charge is 0.310 e.